The van der Waals surface area contributed by atoms with Crippen LogP contribution < -0.4 is 20.3 Å². The zero-order valence-corrected chi connectivity index (χ0v) is 17.9. The summed E-state index contributed by atoms with van der Waals surface area (Å²) in [6, 6.07) is 9.13. The second kappa shape index (κ2) is 10.1. The zero-order valence-electron chi connectivity index (χ0n) is 16.4. The van der Waals surface area contributed by atoms with Crippen molar-refractivity contribution >= 4 is 29.0 Å². The second-order valence-electron chi connectivity index (χ2n) is 6.70. The smallest absolute Gasteiger partial charge is 0.422 e. The topological polar surface area (TPSA) is 94.0 Å². The average molecular weight is 489 g/mol. The van der Waals surface area contributed by atoms with Crippen molar-refractivity contribution in [1.82, 2.24) is 9.97 Å². The quantitative estimate of drug-likeness (QED) is 0.370. The number of H-pyrrole nitrogens is 1. The van der Waals surface area contributed by atoms with E-state index >= 15 is 0 Å². The number of alkyl halides is 3. The molecule has 0 saturated heterocycles. The summed E-state index contributed by atoms with van der Waals surface area (Å²) in [5.74, 6) is -0.0769. The number of hydrogen-bond donors (Lipinski definition) is 2. The summed E-state index contributed by atoms with van der Waals surface area (Å²) < 4.78 is 43.2. The predicted octanol–water partition coefficient (Wildman–Crippen LogP) is 3.90. The standard InChI is InChI=1S/C20H17Cl2F3N4O3/c21-13-4-5-16(32-11-20(23,24)25)12(9-13)10-15-17(22)28-19(30)18(27-15)26-7-6-14-3-1-2-8-29(14)31/h1-5,8-9H,6-7,10-11H2,(H,26,27)(H,28,30). The summed E-state index contributed by atoms with van der Waals surface area (Å²) in [6.07, 6.45) is -2.86. The highest BCUT2D eigenvalue weighted by molar-refractivity contribution is 6.30. The Morgan fingerprint density at radius 3 is 2.72 bits per heavy atom. The zero-order chi connectivity index (χ0) is 23.3. The molecule has 0 fully saturated rings. The summed E-state index contributed by atoms with van der Waals surface area (Å²) in [5.41, 5.74) is 0.426. The molecule has 0 atom stereocenters. The van der Waals surface area contributed by atoms with E-state index in [2.05, 4.69) is 15.3 Å². The molecule has 0 spiro atoms. The van der Waals surface area contributed by atoms with Crippen LogP contribution in [0.15, 0.2) is 47.4 Å². The molecule has 32 heavy (non-hydrogen) atoms. The second-order valence-corrected chi connectivity index (χ2v) is 7.52. The van der Waals surface area contributed by atoms with Crippen molar-refractivity contribution in [2.45, 2.75) is 19.0 Å². The van der Waals surface area contributed by atoms with Crippen molar-refractivity contribution < 1.29 is 22.6 Å². The molecule has 3 aromatic rings. The van der Waals surface area contributed by atoms with Gasteiger partial charge in [-0.15, -0.1) is 0 Å². The van der Waals surface area contributed by atoms with Crippen LogP contribution in [0.1, 0.15) is 17.0 Å². The molecule has 170 valence electrons. The van der Waals surface area contributed by atoms with Gasteiger partial charge in [0.1, 0.15) is 10.9 Å². The number of rotatable bonds is 8. The van der Waals surface area contributed by atoms with Crippen LogP contribution in [-0.4, -0.2) is 29.3 Å². The number of anilines is 1. The fourth-order valence-electron chi connectivity index (χ4n) is 2.84. The summed E-state index contributed by atoms with van der Waals surface area (Å²) in [5, 5.41) is 14.8. The molecule has 0 amide bonds. The third-order valence-electron chi connectivity index (χ3n) is 4.29. The molecular weight excluding hydrogens is 472 g/mol. The first kappa shape index (κ1) is 23.7. The lowest BCUT2D eigenvalue weighted by Gasteiger charge is -2.14. The molecule has 2 N–H and O–H groups in total. The number of nitrogens with zero attached hydrogens (tertiary/aromatic N) is 2. The van der Waals surface area contributed by atoms with E-state index in [4.69, 9.17) is 27.9 Å². The number of ether oxygens (including phenoxy) is 1. The van der Waals surface area contributed by atoms with Gasteiger partial charge in [-0.05, 0) is 18.2 Å². The van der Waals surface area contributed by atoms with Crippen LogP contribution in [0, 0.1) is 5.21 Å². The Balaban J connectivity index is 1.78. The van der Waals surface area contributed by atoms with Crippen LogP contribution in [0.5, 0.6) is 5.75 Å². The molecule has 2 heterocycles. The minimum Gasteiger partial charge on any atom is -0.619 e. The van der Waals surface area contributed by atoms with Crippen LogP contribution in [0.2, 0.25) is 10.2 Å². The van der Waals surface area contributed by atoms with Crippen molar-refractivity contribution in [2.75, 3.05) is 18.5 Å². The lowest BCUT2D eigenvalue weighted by Crippen LogP contribution is -2.32. The number of hydrogen-bond acceptors (Lipinski definition) is 5. The van der Waals surface area contributed by atoms with E-state index in [1.54, 1.807) is 18.2 Å². The Morgan fingerprint density at radius 1 is 1.22 bits per heavy atom. The molecule has 0 aliphatic heterocycles. The fourth-order valence-corrected chi connectivity index (χ4v) is 3.23. The van der Waals surface area contributed by atoms with Crippen molar-refractivity contribution in [3.8, 4) is 5.75 Å². The van der Waals surface area contributed by atoms with Gasteiger partial charge in [-0.2, -0.15) is 17.9 Å². The predicted molar refractivity (Wildman–Crippen MR) is 113 cm³/mol. The molecular formula is C20H17Cl2F3N4O3. The van der Waals surface area contributed by atoms with Gasteiger partial charge in [0.05, 0.1) is 12.1 Å². The maximum absolute atomic E-state index is 12.6. The lowest BCUT2D eigenvalue weighted by atomic mass is 10.1. The molecule has 0 radical (unpaired) electrons. The van der Waals surface area contributed by atoms with Gasteiger partial charge in [-0.25, -0.2) is 4.98 Å². The largest absolute Gasteiger partial charge is 0.619 e. The third kappa shape index (κ3) is 6.51. The van der Waals surface area contributed by atoms with Gasteiger partial charge in [-0.3, -0.25) is 4.79 Å². The highest BCUT2D eigenvalue weighted by Crippen LogP contribution is 2.28. The van der Waals surface area contributed by atoms with E-state index in [1.807, 2.05) is 0 Å². The van der Waals surface area contributed by atoms with Gasteiger partial charge < -0.3 is 20.2 Å². The number of benzene rings is 1. The normalized spacial score (nSPS) is 11.4. The summed E-state index contributed by atoms with van der Waals surface area (Å²) in [6.45, 7) is -1.24. The van der Waals surface area contributed by atoms with Crippen LogP contribution in [0.3, 0.4) is 0 Å². The molecule has 3 rings (SSSR count). The van der Waals surface area contributed by atoms with E-state index in [1.165, 1.54) is 24.4 Å². The van der Waals surface area contributed by atoms with E-state index in [9.17, 15) is 23.2 Å². The molecule has 7 nitrogen and oxygen atoms in total. The maximum Gasteiger partial charge on any atom is 0.422 e. The molecule has 2 aromatic heterocycles. The monoisotopic (exact) mass is 488 g/mol. The van der Waals surface area contributed by atoms with Gasteiger partial charge >= 0.3 is 6.18 Å². The average Bonchev–Trinajstić information content (AvgIpc) is 2.71. The number of aromatic nitrogens is 3. The molecule has 0 aliphatic rings. The Hall–Kier alpha value is -2.98. The van der Waals surface area contributed by atoms with E-state index in [0.29, 0.717) is 22.4 Å². The summed E-state index contributed by atoms with van der Waals surface area (Å²) >= 11 is 12.1. The van der Waals surface area contributed by atoms with Gasteiger partial charge in [-0.1, -0.05) is 29.3 Å². The van der Waals surface area contributed by atoms with Crippen LogP contribution in [0.4, 0.5) is 19.0 Å². The third-order valence-corrected chi connectivity index (χ3v) is 4.84. The first-order valence-electron chi connectivity index (χ1n) is 9.30. The number of pyridine rings is 1. The molecule has 0 saturated carbocycles. The van der Waals surface area contributed by atoms with Gasteiger partial charge in [0.25, 0.3) is 5.56 Å². The lowest BCUT2D eigenvalue weighted by molar-refractivity contribution is -0.613. The van der Waals surface area contributed by atoms with Gasteiger partial charge in [0.15, 0.2) is 24.3 Å². The number of nitrogens with one attached hydrogen (secondary N) is 2. The van der Waals surface area contributed by atoms with Gasteiger partial charge in [0.2, 0.25) is 0 Å². The highest BCUT2D eigenvalue weighted by Gasteiger charge is 2.29. The van der Waals surface area contributed by atoms with Crippen LogP contribution >= 0.6 is 23.2 Å². The van der Waals surface area contributed by atoms with E-state index in [-0.39, 0.29) is 40.4 Å². The van der Waals surface area contributed by atoms with Crippen molar-refractivity contribution in [3.05, 3.63) is 85.3 Å². The Bertz CT molecular complexity index is 1160. The molecule has 0 bridgehead atoms. The van der Waals surface area contributed by atoms with Crippen LogP contribution in [-0.2, 0) is 12.8 Å². The first-order valence-corrected chi connectivity index (χ1v) is 10.1. The van der Waals surface area contributed by atoms with E-state index in [0.717, 1.165) is 0 Å². The SMILES string of the molecule is O=c1[nH]c(Cl)c(Cc2cc(Cl)ccc2OCC(F)(F)F)nc1NCCc1cccc[n+]1[O-]. The van der Waals surface area contributed by atoms with Gasteiger partial charge in [0, 0.05) is 35.7 Å². The molecule has 12 heteroatoms. The Labute approximate surface area is 190 Å². The van der Waals surface area contributed by atoms with Crippen molar-refractivity contribution in [3.63, 3.8) is 0 Å². The number of aromatic amines is 1. The Morgan fingerprint density at radius 2 is 2.00 bits per heavy atom. The van der Waals surface area contributed by atoms with E-state index < -0.39 is 18.3 Å². The minimum absolute atomic E-state index is 0.0330. The van der Waals surface area contributed by atoms with Crippen LogP contribution in [0.25, 0.3) is 0 Å². The van der Waals surface area contributed by atoms with Crippen molar-refractivity contribution in [1.29, 1.82) is 0 Å². The Kier molecular flexibility index (Phi) is 7.47. The van der Waals surface area contributed by atoms with Crippen molar-refractivity contribution in [2.24, 2.45) is 0 Å². The molecule has 0 aliphatic carbocycles. The fraction of sp³-hybridized carbons (Fsp3) is 0.250. The summed E-state index contributed by atoms with van der Waals surface area (Å²) in [4.78, 5) is 18.8. The highest BCUT2D eigenvalue weighted by atomic mass is 35.5. The molecule has 1 aromatic carbocycles. The summed E-state index contributed by atoms with van der Waals surface area (Å²) in [7, 11) is 0. The first-order chi connectivity index (χ1) is 15.1. The molecule has 0 unspecified atom stereocenters. The maximum atomic E-state index is 12.6. The number of halogens is 5. The minimum atomic E-state index is -4.51.